The highest BCUT2D eigenvalue weighted by Gasteiger charge is 2.10. The number of methoxy groups -OCH3 is 1. The molecule has 108 valence electrons. The molecule has 0 aromatic heterocycles. The predicted molar refractivity (Wildman–Crippen MR) is 79.4 cm³/mol. The Labute approximate surface area is 124 Å². The van der Waals surface area contributed by atoms with Gasteiger partial charge in [0.2, 0.25) is 0 Å². The van der Waals surface area contributed by atoms with Crippen molar-refractivity contribution in [3.63, 3.8) is 0 Å². The van der Waals surface area contributed by atoms with E-state index >= 15 is 0 Å². The van der Waals surface area contributed by atoms with Crippen molar-refractivity contribution in [2.75, 3.05) is 7.11 Å². The van der Waals surface area contributed by atoms with Gasteiger partial charge in [0.05, 0.1) is 18.7 Å². The fourth-order valence-corrected chi connectivity index (χ4v) is 2.08. The SMILES string of the molecule is COc1cccc(CNC(C)c2ccc(C#N)cc2)c1F. The van der Waals surface area contributed by atoms with Crippen LogP contribution in [-0.2, 0) is 6.54 Å². The van der Waals surface area contributed by atoms with Crippen LogP contribution in [0.25, 0.3) is 0 Å². The lowest BCUT2D eigenvalue weighted by molar-refractivity contribution is 0.382. The van der Waals surface area contributed by atoms with Crippen molar-refractivity contribution in [1.29, 1.82) is 5.26 Å². The van der Waals surface area contributed by atoms with Crippen LogP contribution in [0.4, 0.5) is 4.39 Å². The van der Waals surface area contributed by atoms with Crippen LogP contribution >= 0.6 is 0 Å². The van der Waals surface area contributed by atoms with Gasteiger partial charge in [0, 0.05) is 18.2 Å². The fraction of sp³-hybridized carbons (Fsp3) is 0.235. The van der Waals surface area contributed by atoms with Crippen LogP contribution in [0, 0.1) is 17.1 Å². The zero-order valence-electron chi connectivity index (χ0n) is 12.1. The lowest BCUT2D eigenvalue weighted by Gasteiger charge is -2.15. The van der Waals surface area contributed by atoms with Crippen molar-refractivity contribution in [1.82, 2.24) is 5.32 Å². The number of nitrogens with zero attached hydrogens (tertiary/aromatic N) is 1. The second-order valence-corrected chi connectivity index (χ2v) is 4.77. The largest absolute Gasteiger partial charge is 0.494 e. The summed E-state index contributed by atoms with van der Waals surface area (Å²) in [5.74, 6) is -0.0835. The molecule has 0 saturated carbocycles. The monoisotopic (exact) mass is 284 g/mol. The molecule has 2 aromatic carbocycles. The number of hydrogen-bond acceptors (Lipinski definition) is 3. The summed E-state index contributed by atoms with van der Waals surface area (Å²) in [6.45, 7) is 2.41. The van der Waals surface area contributed by atoms with Crippen molar-refractivity contribution in [2.45, 2.75) is 19.5 Å². The van der Waals surface area contributed by atoms with Crippen LogP contribution < -0.4 is 10.1 Å². The molecule has 1 unspecified atom stereocenters. The number of benzene rings is 2. The highest BCUT2D eigenvalue weighted by molar-refractivity contribution is 5.33. The number of rotatable bonds is 5. The molecule has 0 aliphatic heterocycles. The van der Waals surface area contributed by atoms with Crippen molar-refractivity contribution < 1.29 is 9.13 Å². The molecule has 2 aromatic rings. The maximum Gasteiger partial charge on any atom is 0.169 e. The van der Waals surface area contributed by atoms with Gasteiger partial charge in [-0.1, -0.05) is 24.3 Å². The highest BCUT2D eigenvalue weighted by Crippen LogP contribution is 2.21. The van der Waals surface area contributed by atoms with E-state index < -0.39 is 0 Å². The summed E-state index contributed by atoms with van der Waals surface area (Å²) in [6, 6.07) is 14.6. The maximum atomic E-state index is 14.0. The van der Waals surface area contributed by atoms with E-state index in [2.05, 4.69) is 11.4 Å². The van der Waals surface area contributed by atoms with Gasteiger partial charge in [-0.2, -0.15) is 5.26 Å². The van der Waals surface area contributed by atoms with Crippen LogP contribution in [0.1, 0.15) is 29.7 Å². The zero-order chi connectivity index (χ0) is 15.2. The van der Waals surface area contributed by atoms with Gasteiger partial charge in [0.15, 0.2) is 11.6 Å². The van der Waals surface area contributed by atoms with Crippen molar-refractivity contribution in [3.05, 3.63) is 65.0 Å². The van der Waals surface area contributed by atoms with Crippen molar-refractivity contribution in [2.24, 2.45) is 0 Å². The van der Waals surface area contributed by atoms with Crippen LogP contribution in [0.3, 0.4) is 0 Å². The van der Waals surface area contributed by atoms with E-state index in [1.54, 1.807) is 30.3 Å². The van der Waals surface area contributed by atoms with Gasteiger partial charge in [0.1, 0.15) is 0 Å². The number of nitrogens with one attached hydrogen (secondary N) is 1. The van der Waals surface area contributed by atoms with Gasteiger partial charge in [-0.05, 0) is 30.7 Å². The highest BCUT2D eigenvalue weighted by atomic mass is 19.1. The normalized spacial score (nSPS) is 11.7. The molecule has 2 rings (SSSR count). The molecule has 0 spiro atoms. The third-order valence-electron chi connectivity index (χ3n) is 3.40. The first-order valence-corrected chi connectivity index (χ1v) is 6.70. The second-order valence-electron chi connectivity index (χ2n) is 4.77. The lowest BCUT2D eigenvalue weighted by atomic mass is 10.1. The van der Waals surface area contributed by atoms with Crippen LogP contribution in [-0.4, -0.2) is 7.11 Å². The van der Waals surface area contributed by atoms with Crippen LogP contribution in [0.15, 0.2) is 42.5 Å². The van der Waals surface area contributed by atoms with Crippen molar-refractivity contribution >= 4 is 0 Å². The third kappa shape index (κ3) is 3.59. The van der Waals surface area contributed by atoms with Gasteiger partial charge in [0.25, 0.3) is 0 Å². The Balaban J connectivity index is 2.04. The Morgan fingerprint density at radius 2 is 1.95 bits per heavy atom. The molecule has 4 heteroatoms. The van der Waals surface area contributed by atoms with E-state index in [9.17, 15) is 4.39 Å². The van der Waals surface area contributed by atoms with E-state index in [0.717, 1.165) is 5.56 Å². The topological polar surface area (TPSA) is 45.0 Å². The molecule has 0 saturated heterocycles. The minimum Gasteiger partial charge on any atom is -0.494 e. The predicted octanol–water partition coefficient (Wildman–Crippen LogP) is 3.56. The van der Waals surface area contributed by atoms with E-state index in [1.807, 2.05) is 19.1 Å². The molecule has 0 heterocycles. The van der Waals surface area contributed by atoms with E-state index in [1.165, 1.54) is 7.11 Å². The van der Waals surface area contributed by atoms with Gasteiger partial charge in [-0.25, -0.2) is 4.39 Å². The molecule has 0 aliphatic carbocycles. The molecular weight excluding hydrogens is 267 g/mol. The molecule has 1 atom stereocenters. The first-order valence-electron chi connectivity index (χ1n) is 6.70. The molecule has 0 radical (unpaired) electrons. The Morgan fingerprint density at radius 3 is 2.57 bits per heavy atom. The Kier molecular flexibility index (Phi) is 4.91. The third-order valence-corrected chi connectivity index (χ3v) is 3.40. The fourth-order valence-electron chi connectivity index (χ4n) is 2.08. The molecule has 1 N–H and O–H groups in total. The molecule has 3 nitrogen and oxygen atoms in total. The average molecular weight is 284 g/mol. The minimum absolute atomic E-state index is 0.0587. The molecule has 0 amide bonds. The van der Waals surface area contributed by atoms with E-state index in [-0.39, 0.29) is 17.6 Å². The standard InChI is InChI=1S/C17H17FN2O/c1-12(14-8-6-13(10-19)7-9-14)20-11-15-4-3-5-16(21-2)17(15)18/h3-9,12,20H,11H2,1-2H3. The van der Waals surface area contributed by atoms with E-state index in [4.69, 9.17) is 10.00 Å². The first-order chi connectivity index (χ1) is 10.2. The maximum absolute atomic E-state index is 14.0. The van der Waals surface area contributed by atoms with Gasteiger partial charge in [-0.15, -0.1) is 0 Å². The zero-order valence-corrected chi connectivity index (χ0v) is 12.1. The average Bonchev–Trinajstić information content (AvgIpc) is 2.53. The number of halogens is 1. The molecular formula is C17H17FN2O. The molecule has 0 aliphatic rings. The summed E-state index contributed by atoms with van der Waals surface area (Å²) >= 11 is 0. The summed E-state index contributed by atoms with van der Waals surface area (Å²) in [5.41, 5.74) is 2.25. The van der Waals surface area contributed by atoms with Gasteiger partial charge >= 0.3 is 0 Å². The first kappa shape index (κ1) is 15.0. The minimum atomic E-state index is -0.334. The number of ether oxygens (including phenoxy) is 1. The summed E-state index contributed by atoms with van der Waals surface area (Å²) in [6.07, 6.45) is 0. The molecule has 0 fully saturated rings. The second kappa shape index (κ2) is 6.87. The molecule has 0 bridgehead atoms. The Hall–Kier alpha value is -2.38. The Morgan fingerprint density at radius 1 is 1.24 bits per heavy atom. The number of hydrogen-bond donors (Lipinski definition) is 1. The van der Waals surface area contributed by atoms with E-state index in [0.29, 0.717) is 17.7 Å². The van der Waals surface area contributed by atoms with Crippen LogP contribution in [0.5, 0.6) is 5.75 Å². The van der Waals surface area contributed by atoms with Gasteiger partial charge in [-0.3, -0.25) is 0 Å². The smallest absolute Gasteiger partial charge is 0.169 e. The van der Waals surface area contributed by atoms with Gasteiger partial charge < -0.3 is 10.1 Å². The summed E-state index contributed by atoms with van der Waals surface area (Å²) in [4.78, 5) is 0. The van der Waals surface area contributed by atoms with Crippen LogP contribution in [0.2, 0.25) is 0 Å². The summed E-state index contributed by atoms with van der Waals surface area (Å²) in [7, 11) is 1.45. The quantitative estimate of drug-likeness (QED) is 0.913. The van der Waals surface area contributed by atoms with Crippen molar-refractivity contribution in [3.8, 4) is 11.8 Å². The summed E-state index contributed by atoms with van der Waals surface area (Å²) in [5, 5.41) is 12.0. The summed E-state index contributed by atoms with van der Waals surface area (Å²) < 4.78 is 19.0. The number of nitriles is 1. The molecule has 21 heavy (non-hydrogen) atoms. The Bertz CT molecular complexity index is 647. The lowest BCUT2D eigenvalue weighted by Crippen LogP contribution is -2.18.